The minimum Gasteiger partial charge on any atom is -0.270 e. The zero-order valence-electron chi connectivity index (χ0n) is 15.5. The maximum atomic E-state index is 4.51. The second kappa shape index (κ2) is 7.80. The highest BCUT2D eigenvalue weighted by Crippen LogP contribution is 2.30. The highest BCUT2D eigenvalue weighted by Gasteiger charge is 2.16. The van der Waals surface area contributed by atoms with E-state index in [-0.39, 0.29) is 0 Å². The van der Waals surface area contributed by atoms with E-state index in [4.69, 9.17) is 0 Å². The summed E-state index contributed by atoms with van der Waals surface area (Å²) in [6, 6.07) is 27.1. The van der Waals surface area contributed by atoms with Crippen LogP contribution in [0.5, 0.6) is 0 Å². The number of hydrogen-bond acceptors (Lipinski definition) is 3. The molecule has 4 aromatic rings. The van der Waals surface area contributed by atoms with Crippen molar-refractivity contribution in [2.75, 3.05) is 0 Å². The van der Waals surface area contributed by atoms with E-state index in [1.54, 1.807) is 11.8 Å². The Labute approximate surface area is 164 Å². The number of aryl methyl sites for hydroxylation is 2. The van der Waals surface area contributed by atoms with Gasteiger partial charge in [-0.2, -0.15) is 0 Å². The van der Waals surface area contributed by atoms with Gasteiger partial charge in [0.1, 0.15) is 0 Å². The van der Waals surface area contributed by atoms with E-state index in [0.717, 1.165) is 28.0 Å². The third kappa shape index (κ3) is 3.81. The Balaban J connectivity index is 1.73. The van der Waals surface area contributed by atoms with Crippen LogP contribution in [0.3, 0.4) is 0 Å². The standard InChI is InChI=1S/C23H21N3S/c1-17-13-14-18(2)20(15-17)16-27-23-25-24-22(19-9-5-3-6-10-19)26(23)21-11-7-4-8-12-21/h3-15H,16H2,1-2H3. The Morgan fingerprint density at radius 2 is 1.52 bits per heavy atom. The lowest BCUT2D eigenvalue weighted by atomic mass is 10.1. The first-order valence-corrected chi connectivity index (χ1v) is 9.96. The summed E-state index contributed by atoms with van der Waals surface area (Å²) in [5.74, 6) is 1.73. The lowest BCUT2D eigenvalue weighted by Gasteiger charge is -2.11. The number of nitrogens with zero attached hydrogens (tertiary/aromatic N) is 3. The number of aromatic nitrogens is 3. The molecule has 0 aliphatic rings. The van der Waals surface area contributed by atoms with Gasteiger partial charge in [0.2, 0.25) is 0 Å². The van der Waals surface area contributed by atoms with E-state index in [0.29, 0.717) is 0 Å². The molecule has 3 aromatic carbocycles. The molecule has 1 heterocycles. The van der Waals surface area contributed by atoms with E-state index < -0.39 is 0 Å². The Hall–Kier alpha value is -2.85. The van der Waals surface area contributed by atoms with Crippen molar-refractivity contribution in [3.05, 3.63) is 95.6 Å². The minimum absolute atomic E-state index is 0.866. The molecule has 0 spiro atoms. The van der Waals surface area contributed by atoms with Crippen molar-refractivity contribution < 1.29 is 0 Å². The summed E-state index contributed by atoms with van der Waals surface area (Å²) < 4.78 is 2.14. The van der Waals surface area contributed by atoms with Gasteiger partial charge in [0.15, 0.2) is 11.0 Å². The van der Waals surface area contributed by atoms with Crippen molar-refractivity contribution in [3.8, 4) is 17.1 Å². The third-order valence-corrected chi connectivity index (χ3v) is 5.52. The number of rotatable bonds is 5. The Kier molecular flexibility index (Phi) is 5.07. The summed E-state index contributed by atoms with van der Waals surface area (Å²) in [5.41, 5.74) is 6.06. The van der Waals surface area contributed by atoms with Gasteiger partial charge in [-0.05, 0) is 37.1 Å². The average Bonchev–Trinajstić information content (AvgIpc) is 3.14. The van der Waals surface area contributed by atoms with Crippen LogP contribution in [-0.4, -0.2) is 14.8 Å². The van der Waals surface area contributed by atoms with E-state index >= 15 is 0 Å². The lowest BCUT2D eigenvalue weighted by molar-refractivity contribution is 0.886. The van der Waals surface area contributed by atoms with Gasteiger partial charge < -0.3 is 0 Å². The average molecular weight is 372 g/mol. The summed E-state index contributed by atoms with van der Waals surface area (Å²) in [5, 5.41) is 9.92. The van der Waals surface area contributed by atoms with Crippen LogP contribution < -0.4 is 0 Å². The Bertz CT molecular complexity index is 1040. The fourth-order valence-corrected chi connectivity index (χ4v) is 4.06. The van der Waals surface area contributed by atoms with Gasteiger partial charge in [0, 0.05) is 17.0 Å². The van der Waals surface area contributed by atoms with Gasteiger partial charge >= 0.3 is 0 Å². The van der Waals surface area contributed by atoms with Crippen LogP contribution in [0, 0.1) is 13.8 Å². The van der Waals surface area contributed by atoms with Crippen LogP contribution in [-0.2, 0) is 5.75 Å². The van der Waals surface area contributed by atoms with Crippen molar-refractivity contribution >= 4 is 11.8 Å². The summed E-state index contributed by atoms with van der Waals surface area (Å²) in [6.07, 6.45) is 0. The first-order valence-electron chi connectivity index (χ1n) is 8.97. The molecule has 0 aliphatic carbocycles. The van der Waals surface area contributed by atoms with Crippen LogP contribution in [0.4, 0.5) is 0 Å². The van der Waals surface area contributed by atoms with Gasteiger partial charge in [0.25, 0.3) is 0 Å². The minimum atomic E-state index is 0.866. The first-order chi connectivity index (χ1) is 13.2. The van der Waals surface area contributed by atoms with Crippen molar-refractivity contribution in [2.45, 2.75) is 24.8 Å². The maximum absolute atomic E-state index is 4.51. The number of hydrogen-bond donors (Lipinski definition) is 0. The highest BCUT2D eigenvalue weighted by molar-refractivity contribution is 7.98. The zero-order chi connectivity index (χ0) is 18.6. The number of benzene rings is 3. The molecule has 0 bridgehead atoms. The first kappa shape index (κ1) is 17.6. The molecule has 3 nitrogen and oxygen atoms in total. The topological polar surface area (TPSA) is 30.7 Å². The molecule has 4 heteroatoms. The molecule has 0 aliphatic heterocycles. The van der Waals surface area contributed by atoms with Crippen LogP contribution in [0.25, 0.3) is 17.1 Å². The number of para-hydroxylation sites is 1. The van der Waals surface area contributed by atoms with E-state index in [2.05, 4.69) is 71.1 Å². The molecule has 0 radical (unpaired) electrons. The summed E-state index contributed by atoms with van der Waals surface area (Å²) in [6.45, 7) is 4.29. The Morgan fingerprint density at radius 1 is 0.815 bits per heavy atom. The highest BCUT2D eigenvalue weighted by atomic mass is 32.2. The fraction of sp³-hybridized carbons (Fsp3) is 0.130. The van der Waals surface area contributed by atoms with Crippen LogP contribution in [0.15, 0.2) is 84.0 Å². The van der Waals surface area contributed by atoms with E-state index in [1.165, 1.54) is 16.7 Å². The second-order valence-electron chi connectivity index (χ2n) is 6.56. The van der Waals surface area contributed by atoms with Gasteiger partial charge in [0.05, 0.1) is 0 Å². The molecule has 0 unspecified atom stereocenters. The molecule has 4 rings (SSSR count). The zero-order valence-corrected chi connectivity index (χ0v) is 16.3. The van der Waals surface area contributed by atoms with Crippen molar-refractivity contribution in [3.63, 3.8) is 0 Å². The maximum Gasteiger partial charge on any atom is 0.196 e. The Morgan fingerprint density at radius 3 is 2.26 bits per heavy atom. The van der Waals surface area contributed by atoms with Crippen LogP contribution in [0.2, 0.25) is 0 Å². The SMILES string of the molecule is Cc1ccc(C)c(CSc2nnc(-c3ccccc3)n2-c2ccccc2)c1. The smallest absolute Gasteiger partial charge is 0.196 e. The molecule has 1 aromatic heterocycles. The van der Waals surface area contributed by atoms with Crippen LogP contribution >= 0.6 is 11.8 Å². The normalized spacial score (nSPS) is 10.9. The predicted molar refractivity (Wildman–Crippen MR) is 112 cm³/mol. The summed E-state index contributed by atoms with van der Waals surface area (Å²) >= 11 is 1.72. The van der Waals surface area contributed by atoms with Gasteiger partial charge in [-0.25, -0.2) is 0 Å². The van der Waals surface area contributed by atoms with E-state index in [1.807, 2.05) is 36.4 Å². The quantitative estimate of drug-likeness (QED) is 0.413. The fourth-order valence-electron chi connectivity index (χ4n) is 3.05. The van der Waals surface area contributed by atoms with Crippen molar-refractivity contribution in [1.82, 2.24) is 14.8 Å². The van der Waals surface area contributed by atoms with Crippen molar-refractivity contribution in [2.24, 2.45) is 0 Å². The van der Waals surface area contributed by atoms with Crippen molar-refractivity contribution in [1.29, 1.82) is 0 Å². The van der Waals surface area contributed by atoms with Gasteiger partial charge in [-0.15, -0.1) is 10.2 Å². The largest absolute Gasteiger partial charge is 0.270 e. The molecule has 0 saturated heterocycles. The molecule has 0 atom stereocenters. The van der Waals surface area contributed by atoms with Gasteiger partial charge in [-0.1, -0.05) is 84.1 Å². The molecule has 134 valence electrons. The third-order valence-electron chi connectivity index (χ3n) is 4.54. The molecule has 0 N–H and O–H groups in total. The molecule has 0 amide bonds. The molecular weight excluding hydrogens is 350 g/mol. The monoisotopic (exact) mass is 371 g/mol. The summed E-state index contributed by atoms with van der Waals surface area (Å²) in [4.78, 5) is 0. The second-order valence-corrected chi connectivity index (χ2v) is 7.50. The molecular formula is C23H21N3S. The summed E-state index contributed by atoms with van der Waals surface area (Å²) in [7, 11) is 0. The lowest BCUT2D eigenvalue weighted by Crippen LogP contribution is -1.99. The van der Waals surface area contributed by atoms with Gasteiger partial charge in [-0.3, -0.25) is 4.57 Å². The predicted octanol–water partition coefficient (Wildman–Crippen LogP) is 5.84. The number of thioether (sulfide) groups is 1. The molecule has 27 heavy (non-hydrogen) atoms. The van der Waals surface area contributed by atoms with E-state index in [9.17, 15) is 0 Å². The molecule has 0 fully saturated rings. The van der Waals surface area contributed by atoms with Crippen LogP contribution in [0.1, 0.15) is 16.7 Å². The molecule has 0 saturated carbocycles.